The second-order valence-corrected chi connectivity index (χ2v) is 4.83. The van der Waals surface area contributed by atoms with Crippen LogP contribution in [-0.4, -0.2) is 22.0 Å². The van der Waals surface area contributed by atoms with E-state index < -0.39 is 0 Å². The van der Waals surface area contributed by atoms with E-state index in [0.717, 1.165) is 0 Å². The number of rotatable bonds is 4. The normalized spacial score (nSPS) is 10.1. The molecule has 0 saturated carbocycles. The molecule has 0 aliphatic rings. The second-order valence-electron chi connectivity index (χ2n) is 3.41. The van der Waals surface area contributed by atoms with Crippen molar-refractivity contribution in [3.8, 4) is 0 Å². The number of anilines is 1. The molecular weight excluding hydrogens is 316 g/mol. The van der Waals surface area contributed by atoms with Gasteiger partial charge in [0, 0.05) is 10.9 Å². The summed E-state index contributed by atoms with van der Waals surface area (Å²) >= 11 is 4.31. The number of alkyl halides is 1. The van der Waals surface area contributed by atoms with Crippen molar-refractivity contribution >= 4 is 44.1 Å². The fourth-order valence-corrected chi connectivity index (χ4v) is 2.28. The quantitative estimate of drug-likeness (QED) is 0.694. The summed E-state index contributed by atoms with van der Waals surface area (Å²) in [4.78, 5) is 27.2. The van der Waals surface area contributed by atoms with E-state index in [0.29, 0.717) is 16.4 Å². The number of hydrogen-bond donors (Lipinski definition) is 1. The summed E-state index contributed by atoms with van der Waals surface area (Å²) in [5.41, 5.74) is 0.918. The summed E-state index contributed by atoms with van der Waals surface area (Å²) < 4.78 is 0. The lowest BCUT2D eigenvalue weighted by molar-refractivity contribution is 0.101. The number of benzene rings is 1. The van der Waals surface area contributed by atoms with Crippen LogP contribution in [0.25, 0.3) is 0 Å². The molecule has 1 heterocycles. The summed E-state index contributed by atoms with van der Waals surface area (Å²) in [6.07, 6.45) is 0. The molecule has 0 spiro atoms. The molecule has 2 aromatic rings. The Hall–Kier alpha value is -1.53. The first-order valence-corrected chi connectivity index (χ1v) is 7.12. The van der Waals surface area contributed by atoms with Gasteiger partial charge in [0.2, 0.25) is 0 Å². The zero-order valence-electron chi connectivity index (χ0n) is 9.22. The number of amides is 1. The molecule has 1 aromatic carbocycles. The molecule has 6 heteroatoms. The molecule has 0 aliphatic heterocycles. The van der Waals surface area contributed by atoms with E-state index in [4.69, 9.17) is 0 Å². The first-order chi connectivity index (χ1) is 8.70. The highest BCUT2D eigenvalue weighted by Crippen LogP contribution is 2.17. The lowest BCUT2D eigenvalue weighted by atomic mass is 10.2. The van der Waals surface area contributed by atoms with Gasteiger partial charge in [-0.3, -0.25) is 14.9 Å². The van der Waals surface area contributed by atoms with Crippen molar-refractivity contribution in [3.05, 3.63) is 47.0 Å². The van der Waals surface area contributed by atoms with E-state index in [1.165, 1.54) is 11.3 Å². The number of Topliss-reactive ketones (excluding diaryl/α,β-unsaturated/α-hetero) is 1. The SMILES string of the molecule is O=C(Nc1nc(C(=O)CBr)cs1)c1ccccc1. The molecule has 0 fully saturated rings. The first-order valence-electron chi connectivity index (χ1n) is 5.12. The number of thiazole rings is 1. The van der Waals surface area contributed by atoms with E-state index in [2.05, 4.69) is 26.2 Å². The van der Waals surface area contributed by atoms with Crippen molar-refractivity contribution in [2.75, 3.05) is 10.6 Å². The van der Waals surface area contributed by atoms with Crippen molar-refractivity contribution in [1.82, 2.24) is 4.98 Å². The van der Waals surface area contributed by atoms with Gasteiger partial charge in [-0.2, -0.15) is 0 Å². The van der Waals surface area contributed by atoms with Gasteiger partial charge >= 0.3 is 0 Å². The fraction of sp³-hybridized carbons (Fsp3) is 0.0833. The second kappa shape index (κ2) is 5.88. The van der Waals surface area contributed by atoms with Crippen LogP contribution in [0.5, 0.6) is 0 Å². The van der Waals surface area contributed by atoms with Crippen molar-refractivity contribution in [2.24, 2.45) is 0 Å². The molecule has 1 amide bonds. The van der Waals surface area contributed by atoms with E-state index in [1.807, 2.05) is 6.07 Å². The number of carbonyl (C=O) groups excluding carboxylic acids is 2. The number of carbonyl (C=O) groups is 2. The Morgan fingerprint density at radius 3 is 2.67 bits per heavy atom. The van der Waals surface area contributed by atoms with Crippen molar-refractivity contribution in [1.29, 1.82) is 0 Å². The monoisotopic (exact) mass is 324 g/mol. The van der Waals surface area contributed by atoms with E-state index in [9.17, 15) is 9.59 Å². The topological polar surface area (TPSA) is 59.1 Å². The van der Waals surface area contributed by atoms with Crippen LogP contribution >= 0.6 is 27.3 Å². The van der Waals surface area contributed by atoms with Crippen LogP contribution in [0, 0.1) is 0 Å². The van der Waals surface area contributed by atoms with Gasteiger partial charge in [-0.25, -0.2) is 4.98 Å². The third-order valence-corrected chi connectivity index (χ3v) is 3.43. The predicted molar refractivity (Wildman–Crippen MR) is 74.6 cm³/mol. The van der Waals surface area contributed by atoms with E-state index >= 15 is 0 Å². The number of nitrogens with one attached hydrogen (secondary N) is 1. The average molecular weight is 325 g/mol. The van der Waals surface area contributed by atoms with E-state index in [-0.39, 0.29) is 17.0 Å². The average Bonchev–Trinajstić information content (AvgIpc) is 2.87. The maximum absolute atomic E-state index is 11.8. The lowest BCUT2D eigenvalue weighted by Crippen LogP contribution is -2.11. The molecule has 92 valence electrons. The minimum atomic E-state index is -0.234. The van der Waals surface area contributed by atoms with E-state index in [1.54, 1.807) is 29.6 Å². The molecule has 0 bridgehead atoms. The highest BCUT2D eigenvalue weighted by Gasteiger charge is 2.11. The van der Waals surface area contributed by atoms with Gasteiger partial charge < -0.3 is 0 Å². The minimum absolute atomic E-state index is 0.105. The molecule has 1 N–H and O–H groups in total. The Morgan fingerprint density at radius 2 is 2.00 bits per heavy atom. The van der Waals surface area contributed by atoms with Gasteiger partial charge in [-0.15, -0.1) is 11.3 Å². The lowest BCUT2D eigenvalue weighted by Gasteiger charge is -2.00. The maximum atomic E-state index is 11.8. The highest BCUT2D eigenvalue weighted by atomic mass is 79.9. The molecular formula is C12H9BrN2O2S. The standard InChI is InChI=1S/C12H9BrN2O2S/c13-6-10(16)9-7-18-12(14-9)15-11(17)8-4-2-1-3-5-8/h1-5,7H,6H2,(H,14,15,17). The molecule has 0 aliphatic carbocycles. The summed E-state index contributed by atoms with van der Waals surface area (Å²) in [6.45, 7) is 0. The van der Waals surface area contributed by atoms with Crippen LogP contribution < -0.4 is 5.32 Å². The molecule has 1 aromatic heterocycles. The van der Waals surface area contributed by atoms with Crippen LogP contribution in [-0.2, 0) is 0 Å². The Kier molecular flexibility index (Phi) is 4.22. The maximum Gasteiger partial charge on any atom is 0.257 e. The van der Waals surface area contributed by atoms with Crippen LogP contribution in [0.15, 0.2) is 35.7 Å². The van der Waals surface area contributed by atoms with Crippen LogP contribution in [0.1, 0.15) is 20.8 Å². The summed E-state index contributed by atoms with van der Waals surface area (Å²) in [5.74, 6) is -0.339. The van der Waals surface area contributed by atoms with Gasteiger partial charge in [-0.1, -0.05) is 34.1 Å². The third-order valence-electron chi connectivity index (χ3n) is 2.17. The molecule has 0 radical (unpaired) electrons. The number of aromatic nitrogens is 1. The van der Waals surface area contributed by atoms with Crippen LogP contribution in [0.2, 0.25) is 0 Å². The number of hydrogen-bond acceptors (Lipinski definition) is 4. The van der Waals surface area contributed by atoms with Gasteiger partial charge in [0.15, 0.2) is 10.9 Å². The van der Waals surface area contributed by atoms with Crippen molar-refractivity contribution in [2.45, 2.75) is 0 Å². The molecule has 0 saturated heterocycles. The molecule has 18 heavy (non-hydrogen) atoms. The van der Waals surface area contributed by atoms with Gasteiger partial charge in [0.25, 0.3) is 5.91 Å². The molecule has 0 atom stereocenters. The highest BCUT2D eigenvalue weighted by molar-refractivity contribution is 9.09. The predicted octanol–water partition coefficient (Wildman–Crippen LogP) is 2.97. The molecule has 0 unspecified atom stereocenters. The van der Waals surface area contributed by atoms with Crippen molar-refractivity contribution < 1.29 is 9.59 Å². The van der Waals surface area contributed by atoms with Crippen LogP contribution in [0.4, 0.5) is 5.13 Å². The largest absolute Gasteiger partial charge is 0.298 e. The Labute approximate surface area is 116 Å². The summed E-state index contributed by atoms with van der Waals surface area (Å²) in [5, 5.41) is 4.94. The third kappa shape index (κ3) is 3.02. The van der Waals surface area contributed by atoms with Gasteiger partial charge in [0.1, 0.15) is 5.69 Å². The molecule has 2 rings (SSSR count). The van der Waals surface area contributed by atoms with Crippen LogP contribution in [0.3, 0.4) is 0 Å². The van der Waals surface area contributed by atoms with Gasteiger partial charge in [-0.05, 0) is 12.1 Å². The number of halogens is 1. The fourth-order valence-electron chi connectivity index (χ4n) is 1.29. The summed E-state index contributed by atoms with van der Waals surface area (Å²) in [7, 11) is 0. The smallest absolute Gasteiger partial charge is 0.257 e. The summed E-state index contributed by atoms with van der Waals surface area (Å²) in [6, 6.07) is 8.85. The zero-order valence-corrected chi connectivity index (χ0v) is 11.6. The Balaban J connectivity index is 2.08. The Bertz CT molecular complexity index is 568. The number of nitrogens with zero attached hydrogens (tertiary/aromatic N) is 1. The minimum Gasteiger partial charge on any atom is -0.298 e. The first kappa shape index (κ1) is 12.9. The van der Waals surface area contributed by atoms with Crippen molar-refractivity contribution in [3.63, 3.8) is 0 Å². The Morgan fingerprint density at radius 1 is 1.28 bits per heavy atom. The van der Waals surface area contributed by atoms with Gasteiger partial charge in [0.05, 0.1) is 5.33 Å². The zero-order chi connectivity index (χ0) is 13.0. The number of ketones is 1. The molecule has 4 nitrogen and oxygen atoms in total.